The Morgan fingerprint density at radius 2 is 1.73 bits per heavy atom. The van der Waals surface area contributed by atoms with Gasteiger partial charge in [0.05, 0.1) is 22.9 Å². The maximum Gasteiger partial charge on any atom is 0.337 e. The molecule has 206 valence electrons. The standard InChI is InChI=1S/C30H28IN3O6/c1-5-39-26-15-20(13-22(16-32)29(36)33-23-9-7-21(8-10-23)30(37)38-4)14-24(31)28(26)40-17-27(35)34-25-11-6-18(2)12-19(25)3/h6-15H,5,17H2,1-4H3,(H,33,36)(H,34,35)/b22-13-. The average Bonchev–Trinajstić information content (AvgIpc) is 2.93. The van der Waals surface area contributed by atoms with Gasteiger partial charge >= 0.3 is 5.97 Å². The average molecular weight is 653 g/mol. The number of carbonyl (C=O) groups excluding carboxylic acids is 3. The van der Waals surface area contributed by atoms with Gasteiger partial charge in [-0.15, -0.1) is 0 Å². The van der Waals surface area contributed by atoms with E-state index in [2.05, 4.69) is 15.4 Å². The summed E-state index contributed by atoms with van der Waals surface area (Å²) in [5, 5.41) is 15.1. The molecule has 0 aromatic heterocycles. The third-order valence-electron chi connectivity index (χ3n) is 5.58. The van der Waals surface area contributed by atoms with Crippen LogP contribution in [0.15, 0.2) is 60.2 Å². The summed E-state index contributed by atoms with van der Waals surface area (Å²) >= 11 is 2.05. The maximum absolute atomic E-state index is 12.8. The van der Waals surface area contributed by atoms with Gasteiger partial charge in [-0.05, 0) is 103 Å². The van der Waals surface area contributed by atoms with Gasteiger partial charge in [0.15, 0.2) is 18.1 Å². The number of aryl methyl sites for hydroxylation is 2. The Balaban J connectivity index is 1.75. The Labute approximate surface area is 246 Å². The number of amides is 2. The Morgan fingerprint density at radius 3 is 2.35 bits per heavy atom. The summed E-state index contributed by atoms with van der Waals surface area (Å²) in [4.78, 5) is 36.9. The Hall–Kier alpha value is -4.37. The van der Waals surface area contributed by atoms with Crippen LogP contribution in [0, 0.1) is 28.7 Å². The first kappa shape index (κ1) is 30.2. The lowest BCUT2D eigenvalue weighted by Gasteiger charge is -2.15. The van der Waals surface area contributed by atoms with Crippen molar-refractivity contribution in [3.63, 3.8) is 0 Å². The van der Waals surface area contributed by atoms with Gasteiger partial charge in [0.1, 0.15) is 11.6 Å². The van der Waals surface area contributed by atoms with Crippen LogP contribution < -0.4 is 20.1 Å². The van der Waals surface area contributed by atoms with Gasteiger partial charge in [0.25, 0.3) is 11.8 Å². The lowest BCUT2D eigenvalue weighted by Crippen LogP contribution is -2.21. The van der Waals surface area contributed by atoms with E-state index in [9.17, 15) is 19.6 Å². The fraction of sp³-hybridized carbons (Fsp3) is 0.200. The molecule has 0 unspecified atom stereocenters. The largest absolute Gasteiger partial charge is 0.490 e. The molecule has 2 N–H and O–H groups in total. The van der Waals surface area contributed by atoms with Crippen LogP contribution >= 0.6 is 22.6 Å². The number of benzene rings is 3. The summed E-state index contributed by atoms with van der Waals surface area (Å²) in [6, 6.07) is 17.1. The van der Waals surface area contributed by atoms with Crippen molar-refractivity contribution in [2.24, 2.45) is 0 Å². The number of nitrogens with one attached hydrogen (secondary N) is 2. The maximum atomic E-state index is 12.8. The molecule has 3 aromatic carbocycles. The van der Waals surface area contributed by atoms with E-state index in [0.717, 1.165) is 11.1 Å². The Morgan fingerprint density at radius 1 is 1.00 bits per heavy atom. The van der Waals surface area contributed by atoms with Gasteiger partial charge in [-0.3, -0.25) is 9.59 Å². The predicted octanol–water partition coefficient (Wildman–Crippen LogP) is 5.66. The highest BCUT2D eigenvalue weighted by molar-refractivity contribution is 14.1. The van der Waals surface area contributed by atoms with Crippen molar-refractivity contribution >= 4 is 57.8 Å². The van der Waals surface area contributed by atoms with Crippen LogP contribution in [0.2, 0.25) is 0 Å². The van der Waals surface area contributed by atoms with Crippen LogP contribution in [0.4, 0.5) is 11.4 Å². The molecule has 0 bridgehead atoms. The first-order valence-corrected chi connectivity index (χ1v) is 13.3. The first-order chi connectivity index (χ1) is 19.1. The normalized spacial score (nSPS) is 10.8. The minimum Gasteiger partial charge on any atom is -0.490 e. The van der Waals surface area contributed by atoms with Gasteiger partial charge in [-0.1, -0.05) is 17.7 Å². The topological polar surface area (TPSA) is 127 Å². The number of nitriles is 1. The molecule has 0 radical (unpaired) electrons. The van der Waals surface area contributed by atoms with E-state index in [0.29, 0.717) is 44.2 Å². The number of esters is 1. The zero-order valence-corrected chi connectivity index (χ0v) is 24.6. The quantitative estimate of drug-likeness (QED) is 0.125. The van der Waals surface area contributed by atoms with E-state index in [1.165, 1.54) is 37.5 Å². The fourth-order valence-corrected chi connectivity index (χ4v) is 4.45. The fourth-order valence-electron chi connectivity index (χ4n) is 3.67. The van der Waals surface area contributed by atoms with Crippen LogP contribution in [0.25, 0.3) is 6.08 Å². The van der Waals surface area contributed by atoms with Gasteiger partial charge in [0.2, 0.25) is 0 Å². The minimum absolute atomic E-state index is 0.142. The molecule has 0 fully saturated rings. The second kappa shape index (κ2) is 14.1. The van der Waals surface area contributed by atoms with Gasteiger partial charge < -0.3 is 24.8 Å². The molecule has 9 nitrogen and oxygen atoms in total. The molecule has 0 aliphatic heterocycles. The third-order valence-corrected chi connectivity index (χ3v) is 6.38. The zero-order valence-electron chi connectivity index (χ0n) is 22.5. The van der Waals surface area contributed by atoms with Crippen LogP contribution in [0.5, 0.6) is 11.5 Å². The molecule has 0 aliphatic rings. The molecular formula is C30H28IN3O6. The highest BCUT2D eigenvalue weighted by atomic mass is 127. The van der Waals surface area contributed by atoms with Crippen molar-refractivity contribution in [2.75, 3.05) is 31.0 Å². The SMILES string of the molecule is CCOc1cc(/C=C(/C#N)C(=O)Nc2ccc(C(=O)OC)cc2)cc(I)c1OCC(=O)Nc1ccc(C)cc1C. The number of carbonyl (C=O) groups is 3. The highest BCUT2D eigenvalue weighted by Crippen LogP contribution is 2.35. The molecule has 0 atom stereocenters. The number of hydrogen-bond acceptors (Lipinski definition) is 7. The second-order valence-electron chi connectivity index (χ2n) is 8.61. The van der Waals surface area contributed by atoms with E-state index in [1.807, 2.05) is 67.6 Å². The number of rotatable bonds is 10. The third kappa shape index (κ3) is 8.07. The van der Waals surface area contributed by atoms with Crippen LogP contribution in [0.1, 0.15) is 34.0 Å². The number of nitrogens with zero attached hydrogens (tertiary/aromatic N) is 1. The Bertz CT molecular complexity index is 1490. The number of hydrogen-bond donors (Lipinski definition) is 2. The van der Waals surface area contributed by atoms with Gasteiger partial charge in [-0.2, -0.15) is 5.26 Å². The zero-order chi connectivity index (χ0) is 29.2. The predicted molar refractivity (Wildman–Crippen MR) is 160 cm³/mol. The molecule has 10 heteroatoms. The van der Waals surface area contributed by atoms with Gasteiger partial charge in [-0.25, -0.2) is 4.79 Å². The van der Waals surface area contributed by atoms with Crippen molar-refractivity contribution in [1.29, 1.82) is 5.26 Å². The van der Waals surface area contributed by atoms with Crippen molar-refractivity contribution in [2.45, 2.75) is 20.8 Å². The molecule has 3 aromatic rings. The number of halogens is 1. The molecule has 0 aliphatic carbocycles. The van der Waals surface area contributed by atoms with Crippen molar-refractivity contribution < 1.29 is 28.6 Å². The van der Waals surface area contributed by atoms with Crippen LogP contribution in [-0.2, 0) is 14.3 Å². The molecule has 0 saturated carbocycles. The van der Waals surface area contributed by atoms with Crippen molar-refractivity contribution in [3.8, 4) is 17.6 Å². The Kier molecular flexibility index (Phi) is 10.7. The summed E-state index contributed by atoms with van der Waals surface area (Å²) in [7, 11) is 1.28. The van der Waals surface area contributed by atoms with Crippen molar-refractivity contribution in [3.05, 3.63) is 86.0 Å². The summed E-state index contributed by atoms with van der Waals surface area (Å²) < 4.78 is 16.9. The molecule has 0 spiro atoms. The van der Waals surface area contributed by atoms with E-state index in [1.54, 1.807) is 12.1 Å². The minimum atomic E-state index is -0.621. The smallest absolute Gasteiger partial charge is 0.337 e. The van der Waals surface area contributed by atoms with E-state index >= 15 is 0 Å². The van der Waals surface area contributed by atoms with Crippen LogP contribution in [0.3, 0.4) is 0 Å². The van der Waals surface area contributed by atoms with Crippen LogP contribution in [-0.4, -0.2) is 38.1 Å². The summed E-state index contributed by atoms with van der Waals surface area (Å²) in [5.41, 5.74) is 3.89. The van der Waals surface area contributed by atoms with E-state index < -0.39 is 11.9 Å². The molecule has 2 amide bonds. The second-order valence-corrected chi connectivity index (χ2v) is 9.77. The summed E-state index contributed by atoms with van der Waals surface area (Å²) in [6.45, 7) is 5.81. The van der Waals surface area contributed by atoms with Crippen molar-refractivity contribution in [1.82, 2.24) is 0 Å². The molecular weight excluding hydrogens is 625 g/mol. The monoisotopic (exact) mass is 653 g/mol. The molecule has 3 rings (SSSR count). The summed E-state index contributed by atoms with van der Waals surface area (Å²) in [6.07, 6.45) is 1.43. The van der Waals surface area contributed by atoms with E-state index in [-0.39, 0.29) is 18.1 Å². The number of anilines is 2. The number of methoxy groups -OCH3 is 1. The lowest BCUT2D eigenvalue weighted by atomic mass is 10.1. The molecule has 40 heavy (non-hydrogen) atoms. The molecule has 0 heterocycles. The first-order valence-electron chi connectivity index (χ1n) is 12.2. The molecule has 0 saturated heterocycles. The van der Waals surface area contributed by atoms with E-state index in [4.69, 9.17) is 9.47 Å². The highest BCUT2D eigenvalue weighted by Gasteiger charge is 2.16. The summed E-state index contributed by atoms with van der Waals surface area (Å²) in [5.74, 6) is -0.688. The van der Waals surface area contributed by atoms with Gasteiger partial charge in [0, 0.05) is 11.4 Å². The number of ether oxygens (including phenoxy) is 3. The lowest BCUT2D eigenvalue weighted by molar-refractivity contribution is -0.118.